The fourth-order valence-electron chi connectivity index (χ4n) is 1.02. The Bertz CT molecular complexity index is 474. The first-order chi connectivity index (χ1) is 7.36. The van der Waals surface area contributed by atoms with Crippen molar-refractivity contribution >= 4 is 32.6 Å². The third kappa shape index (κ3) is 3.00. The standard InChI is InChI=1S/C10H4BrClF3N/c11-8-2-1-6(10(13,14)15)5-7(8)9(12)3-4-16/h1-3,5H/b9-3-. The molecule has 0 aromatic heterocycles. The molecular formula is C10H4BrClF3N. The molecule has 0 aliphatic rings. The van der Waals surface area contributed by atoms with Crippen LogP contribution in [0, 0.1) is 11.3 Å². The molecule has 84 valence electrons. The lowest BCUT2D eigenvalue weighted by Gasteiger charge is -2.09. The fraction of sp³-hybridized carbons (Fsp3) is 0.100. The monoisotopic (exact) mass is 309 g/mol. The van der Waals surface area contributed by atoms with Gasteiger partial charge in [0, 0.05) is 16.1 Å². The van der Waals surface area contributed by atoms with E-state index in [4.69, 9.17) is 16.9 Å². The van der Waals surface area contributed by atoms with Crippen molar-refractivity contribution in [2.75, 3.05) is 0 Å². The topological polar surface area (TPSA) is 23.8 Å². The van der Waals surface area contributed by atoms with Crippen molar-refractivity contribution < 1.29 is 13.2 Å². The molecule has 0 unspecified atom stereocenters. The molecule has 0 spiro atoms. The Kier molecular flexibility index (Phi) is 4.00. The van der Waals surface area contributed by atoms with Crippen molar-refractivity contribution in [3.05, 3.63) is 39.9 Å². The third-order valence-electron chi connectivity index (χ3n) is 1.74. The third-order valence-corrected chi connectivity index (χ3v) is 2.75. The molecule has 0 atom stereocenters. The van der Waals surface area contributed by atoms with Crippen LogP contribution in [0.1, 0.15) is 11.1 Å². The van der Waals surface area contributed by atoms with Gasteiger partial charge in [0.2, 0.25) is 0 Å². The molecule has 0 heterocycles. The Labute approximate surface area is 103 Å². The number of hydrogen-bond acceptors (Lipinski definition) is 1. The van der Waals surface area contributed by atoms with Gasteiger partial charge in [-0.15, -0.1) is 0 Å². The van der Waals surface area contributed by atoms with Crippen LogP contribution in [0.4, 0.5) is 13.2 Å². The quantitative estimate of drug-likeness (QED) is 0.697. The van der Waals surface area contributed by atoms with E-state index < -0.39 is 11.7 Å². The highest BCUT2D eigenvalue weighted by atomic mass is 79.9. The van der Waals surface area contributed by atoms with Gasteiger partial charge in [0.15, 0.2) is 0 Å². The number of alkyl halides is 3. The minimum absolute atomic E-state index is 0.0412. The molecule has 1 rings (SSSR count). The molecule has 0 amide bonds. The predicted molar refractivity (Wildman–Crippen MR) is 58.6 cm³/mol. The van der Waals surface area contributed by atoms with Gasteiger partial charge in [-0.05, 0) is 18.2 Å². The maximum Gasteiger partial charge on any atom is 0.416 e. The van der Waals surface area contributed by atoms with Crippen molar-refractivity contribution in [2.24, 2.45) is 0 Å². The van der Waals surface area contributed by atoms with E-state index in [0.717, 1.165) is 18.2 Å². The molecule has 0 radical (unpaired) electrons. The summed E-state index contributed by atoms with van der Waals surface area (Å²) >= 11 is 8.74. The van der Waals surface area contributed by atoms with E-state index in [1.54, 1.807) is 6.07 Å². The molecule has 16 heavy (non-hydrogen) atoms. The largest absolute Gasteiger partial charge is 0.416 e. The minimum Gasteiger partial charge on any atom is -0.193 e. The maximum atomic E-state index is 12.4. The molecule has 0 saturated heterocycles. The van der Waals surface area contributed by atoms with Crippen LogP contribution in [0.3, 0.4) is 0 Å². The first-order valence-corrected chi connectivity index (χ1v) is 5.15. The summed E-state index contributed by atoms with van der Waals surface area (Å²) in [7, 11) is 0. The molecule has 0 N–H and O–H groups in total. The number of nitriles is 1. The van der Waals surface area contributed by atoms with Gasteiger partial charge in [0.25, 0.3) is 0 Å². The molecule has 0 aliphatic carbocycles. The summed E-state index contributed by atoms with van der Waals surface area (Å²) in [5.74, 6) is 0. The van der Waals surface area contributed by atoms with E-state index in [1.807, 2.05) is 0 Å². The van der Waals surface area contributed by atoms with Crippen LogP contribution in [0.15, 0.2) is 28.7 Å². The maximum absolute atomic E-state index is 12.4. The first-order valence-electron chi connectivity index (χ1n) is 3.98. The zero-order chi connectivity index (χ0) is 12.3. The Morgan fingerprint density at radius 1 is 1.44 bits per heavy atom. The van der Waals surface area contributed by atoms with Crippen molar-refractivity contribution in [3.8, 4) is 6.07 Å². The van der Waals surface area contributed by atoms with Crippen LogP contribution in [-0.2, 0) is 6.18 Å². The Balaban J connectivity index is 3.31. The first kappa shape index (κ1) is 13.1. The number of halogens is 5. The van der Waals surface area contributed by atoms with Crippen LogP contribution in [0.2, 0.25) is 0 Å². The summed E-state index contributed by atoms with van der Waals surface area (Å²) in [5, 5.41) is 8.33. The molecule has 0 bridgehead atoms. The average molecular weight is 310 g/mol. The molecule has 1 aromatic rings. The van der Waals surface area contributed by atoms with Crippen LogP contribution in [0.5, 0.6) is 0 Å². The van der Waals surface area contributed by atoms with Gasteiger partial charge in [-0.25, -0.2) is 0 Å². The summed E-state index contributed by atoms with van der Waals surface area (Å²) in [6.07, 6.45) is -3.46. The van der Waals surface area contributed by atoms with E-state index in [9.17, 15) is 13.2 Å². The molecule has 1 aromatic carbocycles. The number of hydrogen-bond donors (Lipinski definition) is 0. The molecule has 0 fully saturated rings. The van der Waals surface area contributed by atoms with Gasteiger partial charge in [-0.3, -0.25) is 0 Å². The highest BCUT2D eigenvalue weighted by Gasteiger charge is 2.31. The number of allylic oxidation sites excluding steroid dienone is 1. The van der Waals surface area contributed by atoms with E-state index >= 15 is 0 Å². The lowest BCUT2D eigenvalue weighted by molar-refractivity contribution is -0.137. The summed E-state index contributed by atoms with van der Waals surface area (Å²) in [4.78, 5) is 0. The lowest BCUT2D eigenvalue weighted by atomic mass is 10.1. The Hall–Kier alpha value is -0.990. The van der Waals surface area contributed by atoms with Gasteiger partial charge in [-0.1, -0.05) is 27.5 Å². The van der Waals surface area contributed by atoms with Crippen molar-refractivity contribution in [1.82, 2.24) is 0 Å². The Morgan fingerprint density at radius 3 is 2.56 bits per heavy atom. The van der Waals surface area contributed by atoms with Gasteiger partial charge in [0.1, 0.15) is 0 Å². The Morgan fingerprint density at radius 2 is 2.06 bits per heavy atom. The number of nitrogens with zero attached hydrogens (tertiary/aromatic N) is 1. The molecule has 0 aliphatic heterocycles. The minimum atomic E-state index is -4.43. The number of rotatable bonds is 1. The zero-order valence-electron chi connectivity index (χ0n) is 7.65. The van der Waals surface area contributed by atoms with Gasteiger partial charge >= 0.3 is 6.18 Å². The predicted octanol–water partition coefficient (Wildman–Crippen LogP) is 4.57. The van der Waals surface area contributed by atoms with Gasteiger partial charge in [0.05, 0.1) is 16.7 Å². The highest BCUT2D eigenvalue weighted by Crippen LogP contribution is 2.35. The second kappa shape index (κ2) is 4.89. The normalized spacial score (nSPS) is 12.4. The fourth-order valence-corrected chi connectivity index (χ4v) is 1.80. The van der Waals surface area contributed by atoms with E-state index in [2.05, 4.69) is 15.9 Å². The molecular weight excluding hydrogens is 306 g/mol. The summed E-state index contributed by atoms with van der Waals surface area (Å²) in [5.41, 5.74) is -0.673. The van der Waals surface area contributed by atoms with Gasteiger partial charge in [-0.2, -0.15) is 18.4 Å². The van der Waals surface area contributed by atoms with E-state index in [-0.39, 0.29) is 10.6 Å². The van der Waals surface area contributed by atoms with E-state index in [1.165, 1.54) is 6.07 Å². The smallest absolute Gasteiger partial charge is 0.193 e. The van der Waals surface area contributed by atoms with Crippen molar-refractivity contribution in [2.45, 2.75) is 6.18 Å². The summed E-state index contributed by atoms with van der Waals surface area (Å²) < 4.78 is 37.6. The average Bonchev–Trinajstić information content (AvgIpc) is 2.16. The van der Waals surface area contributed by atoms with Crippen LogP contribution >= 0.6 is 27.5 Å². The van der Waals surface area contributed by atoms with Gasteiger partial charge < -0.3 is 0 Å². The summed E-state index contributed by atoms with van der Waals surface area (Å²) in [6.45, 7) is 0. The molecule has 0 saturated carbocycles. The molecule has 6 heteroatoms. The SMILES string of the molecule is N#C/C=C(\Cl)c1cc(C(F)(F)F)ccc1Br. The lowest BCUT2D eigenvalue weighted by Crippen LogP contribution is -2.05. The highest BCUT2D eigenvalue weighted by molar-refractivity contribution is 9.10. The second-order valence-corrected chi connectivity index (χ2v) is 4.08. The zero-order valence-corrected chi connectivity index (χ0v) is 9.99. The van der Waals surface area contributed by atoms with Crippen molar-refractivity contribution in [1.29, 1.82) is 5.26 Å². The van der Waals surface area contributed by atoms with E-state index in [0.29, 0.717) is 4.47 Å². The summed E-state index contributed by atoms with van der Waals surface area (Å²) in [6, 6.07) is 4.72. The second-order valence-electron chi connectivity index (χ2n) is 2.81. The number of benzene rings is 1. The van der Waals surface area contributed by atoms with Crippen LogP contribution in [0.25, 0.3) is 5.03 Å². The molecule has 1 nitrogen and oxygen atoms in total. The van der Waals surface area contributed by atoms with Crippen LogP contribution < -0.4 is 0 Å². The van der Waals surface area contributed by atoms with Crippen LogP contribution in [-0.4, -0.2) is 0 Å². The van der Waals surface area contributed by atoms with Crippen molar-refractivity contribution in [3.63, 3.8) is 0 Å².